The molecule has 0 aromatic heterocycles. The van der Waals surface area contributed by atoms with Gasteiger partial charge in [-0.1, -0.05) is 6.42 Å². The van der Waals surface area contributed by atoms with Gasteiger partial charge in [-0.25, -0.2) is 8.42 Å². The monoisotopic (exact) mass is 289 g/mol. The lowest BCUT2D eigenvalue weighted by Gasteiger charge is -2.32. The molecule has 2 aliphatic rings. The van der Waals surface area contributed by atoms with Gasteiger partial charge >= 0.3 is 0 Å². The number of carbonyl (C=O) groups excluding carboxylic acids is 1. The van der Waals surface area contributed by atoms with Gasteiger partial charge in [0, 0.05) is 13.1 Å². The van der Waals surface area contributed by atoms with E-state index in [1.165, 1.54) is 0 Å². The Morgan fingerprint density at radius 2 is 1.95 bits per heavy atom. The van der Waals surface area contributed by atoms with Gasteiger partial charge in [-0.15, -0.1) is 0 Å². The minimum Gasteiger partial charge on any atom is -0.368 e. The number of sulfone groups is 1. The first-order valence-electron chi connectivity index (χ1n) is 6.85. The molecule has 2 rings (SSSR count). The van der Waals surface area contributed by atoms with Gasteiger partial charge in [-0.2, -0.15) is 0 Å². The molecule has 1 amide bonds. The van der Waals surface area contributed by atoms with Gasteiger partial charge in [0.05, 0.1) is 17.0 Å². The van der Waals surface area contributed by atoms with Crippen LogP contribution in [-0.4, -0.2) is 55.9 Å². The third-order valence-corrected chi connectivity index (χ3v) is 6.17. The summed E-state index contributed by atoms with van der Waals surface area (Å²) in [6.07, 6.45) is 3.37. The highest BCUT2D eigenvalue weighted by Gasteiger charge is 2.44. The minimum absolute atomic E-state index is 0.128. The molecule has 4 N–H and O–H groups in total. The van der Waals surface area contributed by atoms with Crippen molar-refractivity contribution in [3.63, 3.8) is 0 Å². The molecule has 0 radical (unpaired) electrons. The fourth-order valence-corrected chi connectivity index (χ4v) is 4.42. The first kappa shape index (κ1) is 14.7. The molecule has 1 aliphatic carbocycles. The highest BCUT2D eigenvalue weighted by Crippen LogP contribution is 2.36. The van der Waals surface area contributed by atoms with Gasteiger partial charge in [0.1, 0.15) is 0 Å². The van der Waals surface area contributed by atoms with Crippen molar-refractivity contribution in [1.29, 1.82) is 0 Å². The zero-order chi connectivity index (χ0) is 14.1. The number of hydrogen-bond acceptors (Lipinski definition) is 5. The third-order valence-electron chi connectivity index (χ3n) is 4.56. The molecule has 1 aliphatic heterocycles. The molecule has 2 atom stereocenters. The van der Waals surface area contributed by atoms with Gasteiger partial charge in [0.2, 0.25) is 5.91 Å². The second-order valence-electron chi connectivity index (χ2n) is 5.78. The zero-order valence-corrected chi connectivity index (χ0v) is 12.0. The molecule has 0 aromatic rings. The predicted octanol–water partition coefficient (Wildman–Crippen LogP) is -0.910. The average molecular weight is 289 g/mol. The summed E-state index contributed by atoms with van der Waals surface area (Å²) in [4.78, 5) is 13.6. The molecule has 7 heteroatoms. The van der Waals surface area contributed by atoms with Crippen LogP contribution in [-0.2, 0) is 14.6 Å². The summed E-state index contributed by atoms with van der Waals surface area (Å²) in [5.74, 6) is 0.197. The second kappa shape index (κ2) is 5.38. The van der Waals surface area contributed by atoms with E-state index in [0.717, 1.165) is 25.8 Å². The number of hydrogen-bond donors (Lipinski definition) is 2. The molecule has 1 heterocycles. The second-order valence-corrected chi connectivity index (χ2v) is 8.08. The Balaban J connectivity index is 1.84. The van der Waals surface area contributed by atoms with Crippen LogP contribution in [0.1, 0.15) is 25.7 Å². The summed E-state index contributed by atoms with van der Waals surface area (Å²) >= 11 is 0. The number of amides is 1. The van der Waals surface area contributed by atoms with Crippen molar-refractivity contribution in [2.75, 3.05) is 31.1 Å². The summed E-state index contributed by atoms with van der Waals surface area (Å²) in [5, 5.41) is 0. The number of nitrogens with zero attached hydrogens (tertiary/aromatic N) is 1. The maximum absolute atomic E-state index is 11.5. The molecule has 0 bridgehead atoms. The van der Waals surface area contributed by atoms with Crippen molar-refractivity contribution in [3.05, 3.63) is 0 Å². The largest absolute Gasteiger partial charge is 0.368 e. The number of rotatable bonds is 4. The lowest BCUT2D eigenvalue weighted by Crippen LogP contribution is -2.55. The van der Waals surface area contributed by atoms with Crippen molar-refractivity contribution < 1.29 is 13.2 Å². The number of primary amides is 1. The Hall–Kier alpha value is -0.660. The Kier molecular flexibility index (Phi) is 4.17. The van der Waals surface area contributed by atoms with Crippen molar-refractivity contribution in [2.45, 2.75) is 31.2 Å². The molecule has 0 spiro atoms. The smallest absolute Gasteiger partial charge is 0.237 e. The highest BCUT2D eigenvalue weighted by atomic mass is 32.2. The summed E-state index contributed by atoms with van der Waals surface area (Å²) in [7, 11) is -2.83. The molecule has 1 saturated heterocycles. The van der Waals surface area contributed by atoms with Crippen LogP contribution in [0.2, 0.25) is 0 Å². The minimum atomic E-state index is -2.83. The van der Waals surface area contributed by atoms with E-state index in [1.807, 2.05) is 0 Å². The van der Waals surface area contributed by atoms with Crippen molar-refractivity contribution in [3.8, 4) is 0 Å². The van der Waals surface area contributed by atoms with E-state index < -0.39 is 21.3 Å². The molecule has 19 heavy (non-hydrogen) atoms. The van der Waals surface area contributed by atoms with E-state index in [-0.39, 0.29) is 17.4 Å². The Bertz CT molecular complexity index is 437. The molecule has 2 unspecified atom stereocenters. The number of nitrogens with two attached hydrogens (primary N) is 2. The van der Waals surface area contributed by atoms with Gasteiger partial charge < -0.3 is 16.4 Å². The highest BCUT2D eigenvalue weighted by molar-refractivity contribution is 7.91. The Labute approximate surface area is 114 Å². The van der Waals surface area contributed by atoms with E-state index >= 15 is 0 Å². The van der Waals surface area contributed by atoms with E-state index in [2.05, 4.69) is 4.90 Å². The quantitative estimate of drug-likeness (QED) is 0.697. The van der Waals surface area contributed by atoms with Crippen LogP contribution in [0.15, 0.2) is 0 Å². The van der Waals surface area contributed by atoms with Crippen LogP contribution in [0.4, 0.5) is 0 Å². The SMILES string of the molecule is NC(=O)C1(N)CCCC1CCN1CCS(=O)(=O)CC1. The molecule has 0 aromatic carbocycles. The van der Waals surface area contributed by atoms with E-state index in [4.69, 9.17) is 11.5 Å². The maximum Gasteiger partial charge on any atom is 0.237 e. The van der Waals surface area contributed by atoms with E-state index in [9.17, 15) is 13.2 Å². The molecule has 1 saturated carbocycles. The van der Waals surface area contributed by atoms with Crippen molar-refractivity contribution in [2.24, 2.45) is 17.4 Å². The van der Waals surface area contributed by atoms with Gasteiger partial charge in [-0.05, 0) is 31.7 Å². The fraction of sp³-hybridized carbons (Fsp3) is 0.917. The first-order chi connectivity index (χ1) is 8.83. The van der Waals surface area contributed by atoms with E-state index in [0.29, 0.717) is 19.5 Å². The fourth-order valence-electron chi connectivity index (χ4n) is 3.14. The van der Waals surface area contributed by atoms with Gasteiger partial charge in [-0.3, -0.25) is 4.79 Å². The molecule has 2 fully saturated rings. The Morgan fingerprint density at radius 3 is 2.53 bits per heavy atom. The molecular formula is C12H23N3O3S. The van der Waals surface area contributed by atoms with Gasteiger partial charge in [0.15, 0.2) is 9.84 Å². The van der Waals surface area contributed by atoms with Crippen molar-refractivity contribution >= 4 is 15.7 Å². The summed E-state index contributed by atoms with van der Waals surface area (Å²) in [5.41, 5.74) is 10.7. The summed E-state index contributed by atoms with van der Waals surface area (Å²) in [6, 6.07) is 0. The van der Waals surface area contributed by atoms with Crippen LogP contribution < -0.4 is 11.5 Å². The zero-order valence-electron chi connectivity index (χ0n) is 11.2. The number of carbonyl (C=O) groups is 1. The van der Waals surface area contributed by atoms with Crippen molar-refractivity contribution in [1.82, 2.24) is 4.90 Å². The van der Waals surface area contributed by atoms with Crippen LogP contribution in [0, 0.1) is 5.92 Å². The average Bonchev–Trinajstić information content (AvgIpc) is 2.71. The van der Waals surface area contributed by atoms with Crippen LogP contribution in [0.3, 0.4) is 0 Å². The summed E-state index contributed by atoms with van der Waals surface area (Å²) < 4.78 is 22.7. The van der Waals surface area contributed by atoms with Crippen LogP contribution >= 0.6 is 0 Å². The van der Waals surface area contributed by atoms with Crippen LogP contribution in [0.5, 0.6) is 0 Å². The standard InChI is InChI=1S/C12H23N3O3S/c13-11(16)12(14)4-1-2-10(12)3-5-15-6-8-19(17,18)9-7-15/h10H,1-9,14H2,(H2,13,16). The predicted molar refractivity (Wildman–Crippen MR) is 73.2 cm³/mol. The van der Waals surface area contributed by atoms with Gasteiger partial charge in [0.25, 0.3) is 0 Å². The van der Waals surface area contributed by atoms with E-state index in [1.54, 1.807) is 0 Å². The summed E-state index contributed by atoms with van der Waals surface area (Å²) in [6.45, 7) is 1.97. The molecule has 6 nitrogen and oxygen atoms in total. The molecule has 110 valence electrons. The molecular weight excluding hydrogens is 266 g/mol. The Morgan fingerprint density at radius 1 is 1.32 bits per heavy atom. The lowest BCUT2D eigenvalue weighted by atomic mass is 9.85. The lowest BCUT2D eigenvalue weighted by molar-refractivity contribution is -0.124. The topological polar surface area (TPSA) is 106 Å². The maximum atomic E-state index is 11.5. The van der Waals surface area contributed by atoms with Crippen LogP contribution in [0.25, 0.3) is 0 Å². The first-order valence-corrected chi connectivity index (χ1v) is 8.67. The normalized spacial score (nSPS) is 35.3. The third kappa shape index (κ3) is 3.27.